The van der Waals surface area contributed by atoms with Crippen molar-refractivity contribution < 1.29 is 97.2 Å². The van der Waals surface area contributed by atoms with Gasteiger partial charge in [0.1, 0.15) is 6.10 Å². The van der Waals surface area contributed by atoms with E-state index in [9.17, 15) is 73.5 Å². The highest BCUT2D eigenvalue weighted by Crippen LogP contribution is 2.28. The lowest BCUT2D eigenvalue weighted by Gasteiger charge is -2.28. The second-order valence-electron chi connectivity index (χ2n) is 20.0. The van der Waals surface area contributed by atoms with Crippen LogP contribution < -0.4 is 26.2 Å². The summed E-state index contributed by atoms with van der Waals surface area (Å²) < 4.78 is 27.0. The van der Waals surface area contributed by atoms with Gasteiger partial charge in [0, 0.05) is 109 Å². The number of rotatable bonds is 39. The molecule has 474 valence electrons. The normalized spacial score (nSPS) is 16.2. The molecule has 1 unspecified atom stereocenters. The van der Waals surface area contributed by atoms with Crippen molar-refractivity contribution in [2.24, 2.45) is 0 Å². The first-order chi connectivity index (χ1) is 40.6. The monoisotopic (exact) mass is 1200 g/mol. The fourth-order valence-corrected chi connectivity index (χ4v) is 8.36. The highest BCUT2D eigenvalue weighted by atomic mass is 16.6. The molecular weight excluding hydrogens is 1120 g/mol. The lowest BCUT2D eigenvalue weighted by atomic mass is 9.88. The topological polar surface area (TPSA) is 379 Å². The first kappa shape index (κ1) is 71.7. The minimum absolute atomic E-state index is 0.00372. The maximum absolute atomic E-state index is 13.5. The van der Waals surface area contributed by atoms with Crippen LogP contribution in [0.15, 0.2) is 48.6 Å². The van der Waals surface area contributed by atoms with E-state index in [0.717, 1.165) is 4.90 Å². The predicted molar refractivity (Wildman–Crippen MR) is 300 cm³/mol. The number of unbranched alkanes of at least 4 members (excludes halogenated alkanes) is 6. The van der Waals surface area contributed by atoms with E-state index in [1.54, 1.807) is 12.2 Å². The van der Waals surface area contributed by atoms with Crippen LogP contribution in [0.1, 0.15) is 128 Å². The van der Waals surface area contributed by atoms with Crippen LogP contribution in [0.4, 0.5) is 15.3 Å². The van der Waals surface area contributed by atoms with Crippen LogP contribution >= 0.6 is 0 Å². The van der Waals surface area contributed by atoms with Gasteiger partial charge in [-0.1, -0.05) is 18.2 Å². The Morgan fingerprint density at radius 1 is 0.659 bits per heavy atom. The molecule has 29 heteroatoms. The summed E-state index contributed by atoms with van der Waals surface area (Å²) in [6, 6.07) is 6.01. The Balaban J connectivity index is 1.36. The molecule has 1 aliphatic heterocycles. The molecule has 1 heterocycles. The van der Waals surface area contributed by atoms with Crippen molar-refractivity contribution in [3.05, 3.63) is 54.1 Å². The predicted octanol–water partition coefficient (Wildman–Crippen LogP) is 2.48. The molecule has 1 aliphatic carbocycles. The number of nitrogens with one attached hydrogen (secondary N) is 4. The molecule has 0 spiro atoms. The van der Waals surface area contributed by atoms with Gasteiger partial charge in [-0.25, -0.2) is 29.6 Å². The highest BCUT2D eigenvalue weighted by molar-refractivity contribution is 6.12. The van der Waals surface area contributed by atoms with E-state index in [4.69, 9.17) is 23.7 Å². The molecule has 0 aromatic heterocycles. The van der Waals surface area contributed by atoms with E-state index in [2.05, 4.69) is 21.3 Å². The standard InChI is InChI=1S/C56H85N9O20/c1-41(66)63(78)33-12-4-9-29-57-45(67)20-22-49(71)64(79)34-13-5-10-30-58-46(68)21-23-50(72)65(80)35-14-6-11-31-60-54(75)85-51(52(73)59-32-37-82-39-40-83-38-36-62-47(69)24-25-48(62)70)42-16-18-43(19-17-42)61(2)55(76)84-44-15-7-8-27-56(77,28-26-44)53(74)81-3/h7,15-19,24-25,44,51,77-80H,4-6,8-14,20-23,26-40H2,1-3H3,(H,57,67)(H,58,68)(H,59,73)(H,60,75)/b15-7+/t44-,51?,56-/m0/s1. The molecule has 3 atom stereocenters. The van der Waals surface area contributed by atoms with E-state index in [1.807, 2.05) is 0 Å². The number of alkyl carbamates (subject to hydrolysis) is 1. The average molecular weight is 1200 g/mol. The third kappa shape index (κ3) is 28.2. The van der Waals surface area contributed by atoms with Crippen molar-refractivity contribution in [3.63, 3.8) is 0 Å². The molecule has 0 radical (unpaired) electrons. The van der Waals surface area contributed by atoms with Crippen LogP contribution in [-0.2, 0) is 66.8 Å². The lowest BCUT2D eigenvalue weighted by Crippen LogP contribution is -2.41. The molecule has 0 saturated carbocycles. The van der Waals surface area contributed by atoms with E-state index >= 15 is 0 Å². The minimum Gasteiger partial charge on any atom is -0.467 e. The lowest BCUT2D eigenvalue weighted by molar-refractivity contribution is -0.166. The molecule has 85 heavy (non-hydrogen) atoms. The largest absolute Gasteiger partial charge is 0.467 e. The molecule has 0 bridgehead atoms. The quantitative estimate of drug-likeness (QED) is 0.00892. The molecule has 1 aromatic rings. The summed E-state index contributed by atoms with van der Waals surface area (Å²) in [5.74, 6) is -4.76. The third-order valence-corrected chi connectivity index (χ3v) is 13.5. The Bertz CT molecular complexity index is 2390. The number of anilines is 1. The number of aliphatic hydroxyl groups is 1. The number of ether oxygens (including phenoxy) is 5. The first-order valence-corrected chi connectivity index (χ1v) is 28.6. The number of hydrogen-bond donors (Lipinski definition) is 8. The molecule has 10 amide bonds. The zero-order chi connectivity index (χ0) is 62.6. The number of hydroxylamine groups is 6. The molecule has 1 aromatic carbocycles. The number of benzene rings is 1. The second-order valence-corrected chi connectivity index (χ2v) is 20.0. The average Bonchev–Trinajstić information content (AvgIpc) is 4.04. The summed E-state index contributed by atoms with van der Waals surface area (Å²) in [5, 5.41) is 52.8. The Morgan fingerprint density at radius 3 is 1.73 bits per heavy atom. The second kappa shape index (κ2) is 39.9. The third-order valence-electron chi connectivity index (χ3n) is 13.5. The molecule has 0 saturated heterocycles. The maximum atomic E-state index is 13.5. The van der Waals surface area contributed by atoms with Crippen molar-refractivity contribution in [1.29, 1.82) is 0 Å². The molecule has 2 aliphatic rings. The van der Waals surface area contributed by atoms with E-state index < -0.39 is 77.3 Å². The van der Waals surface area contributed by atoms with Gasteiger partial charge >= 0.3 is 18.2 Å². The smallest absolute Gasteiger partial charge is 0.414 e. The number of amides is 10. The van der Waals surface area contributed by atoms with Gasteiger partial charge in [0.25, 0.3) is 17.7 Å². The van der Waals surface area contributed by atoms with E-state index in [0.29, 0.717) is 91.6 Å². The summed E-state index contributed by atoms with van der Waals surface area (Å²) in [4.78, 5) is 138. The van der Waals surface area contributed by atoms with Gasteiger partial charge in [0.05, 0.1) is 40.1 Å². The van der Waals surface area contributed by atoms with Gasteiger partial charge < -0.3 is 50.1 Å². The zero-order valence-electron chi connectivity index (χ0n) is 48.8. The molecule has 8 N–H and O–H groups in total. The van der Waals surface area contributed by atoms with Crippen molar-refractivity contribution in [3.8, 4) is 0 Å². The fraction of sp³-hybridized carbons (Fsp3) is 0.625. The SMILES string of the molecule is COC(=O)[C@]1(O)CC/C=C/[C@H](OC(=O)N(C)c2ccc(C(OC(=O)NCCCCCN(O)C(=O)CCC(=O)NCCCCCN(O)C(=O)CCC(=O)NCCCCCN(O)C(C)=O)C(=O)NCCOCCOCCN3C(=O)C=CC3=O)cc2)CC1. The van der Waals surface area contributed by atoms with Crippen molar-refractivity contribution in [2.75, 3.05) is 97.8 Å². The Hall–Kier alpha value is -7.57. The van der Waals surface area contributed by atoms with Crippen LogP contribution in [-0.4, -0.2) is 211 Å². The number of imide groups is 1. The van der Waals surface area contributed by atoms with Gasteiger partial charge in [-0.3, -0.25) is 63.8 Å². The highest BCUT2D eigenvalue weighted by Gasteiger charge is 2.38. The van der Waals surface area contributed by atoms with Crippen molar-refractivity contribution in [1.82, 2.24) is 41.4 Å². The summed E-state index contributed by atoms with van der Waals surface area (Å²) in [5.41, 5.74) is -1.12. The maximum Gasteiger partial charge on any atom is 0.414 e. The van der Waals surface area contributed by atoms with Crippen LogP contribution in [0, 0.1) is 0 Å². The Labute approximate surface area is 494 Å². The number of hydrogen-bond acceptors (Lipinski definition) is 20. The molecule has 29 nitrogen and oxygen atoms in total. The summed E-state index contributed by atoms with van der Waals surface area (Å²) in [6.45, 7) is 2.74. The fourth-order valence-electron chi connectivity index (χ4n) is 8.36. The molecule has 0 fully saturated rings. The van der Waals surface area contributed by atoms with Gasteiger partial charge in [-0.05, 0) is 102 Å². The molecule has 3 rings (SSSR count). The van der Waals surface area contributed by atoms with Gasteiger partial charge in [0.15, 0.2) is 5.60 Å². The van der Waals surface area contributed by atoms with Crippen molar-refractivity contribution >= 4 is 71.1 Å². The van der Waals surface area contributed by atoms with Gasteiger partial charge in [-0.15, -0.1) is 0 Å². The number of carbonyl (C=O) groups excluding carboxylic acids is 11. The Kier molecular flexibility index (Phi) is 33.6. The summed E-state index contributed by atoms with van der Waals surface area (Å²) in [6.07, 6.45) is 6.42. The van der Waals surface area contributed by atoms with Gasteiger partial charge in [0.2, 0.25) is 35.6 Å². The number of nitrogens with zero attached hydrogens (tertiary/aromatic N) is 5. The number of carbonyl (C=O) groups is 11. The van der Waals surface area contributed by atoms with E-state index in [1.165, 1.54) is 62.4 Å². The van der Waals surface area contributed by atoms with Crippen LogP contribution in [0.5, 0.6) is 0 Å². The van der Waals surface area contributed by atoms with E-state index in [-0.39, 0.29) is 129 Å². The number of allylic oxidation sites excluding steroid dienone is 1. The van der Waals surface area contributed by atoms with Crippen LogP contribution in [0.2, 0.25) is 0 Å². The number of methoxy groups -OCH3 is 1. The molecular formula is C56H85N9O20. The summed E-state index contributed by atoms with van der Waals surface area (Å²) >= 11 is 0. The minimum atomic E-state index is -1.72. The Morgan fingerprint density at radius 2 is 1.19 bits per heavy atom. The van der Waals surface area contributed by atoms with Crippen LogP contribution in [0.3, 0.4) is 0 Å². The van der Waals surface area contributed by atoms with Crippen molar-refractivity contribution in [2.45, 2.75) is 134 Å². The number of esters is 1. The summed E-state index contributed by atoms with van der Waals surface area (Å²) in [7, 11) is 2.65. The zero-order valence-corrected chi connectivity index (χ0v) is 48.8. The van der Waals surface area contributed by atoms with Crippen LogP contribution in [0.25, 0.3) is 0 Å². The first-order valence-electron chi connectivity index (χ1n) is 28.6. The van der Waals surface area contributed by atoms with Gasteiger partial charge in [-0.2, -0.15) is 0 Å².